The summed E-state index contributed by atoms with van der Waals surface area (Å²) in [6.07, 6.45) is 0. The van der Waals surface area contributed by atoms with E-state index in [1.165, 1.54) is 0 Å². The number of phenolic OH excluding ortho intramolecular Hbond substituents is 1. The standard InChI is InChI=1S/C17H18ClNO2/c1-13-7-8-15(16(20)11-13)17(21)19(10-9-18)12-14-5-3-2-4-6-14/h2-8,11,20H,9-10,12H2,1H3. The monoisotopic (exact) mass is 303 g/mol. The molecule has 0 aliphatic carbocycles. The number of alkyl halides is 1. The molecule has 0 aliphatic heterocycles. The minimum Gasteiger partial charge on any atom is -0.507 e. The van der Waals surface area contributed by atoms with Gasteiger partial charge in [-0.3, -0.25) is 4.79 Å². The Morgan fingerprint density at radius 3 is 2.52 bits per heavy atom. The van der Waals surface area contributed by atoms with Crippen LogP contribution in [0.2, 0.25) is 0 Å². The second-order valence-corrected chi connectivity index (χ2v) is 5.30. The molecule has 0 fully saturated rings. The number of phenols is 1. The molecule has 0 atom stereocenters. The van der Waals surface area contributed by atoms with Crippen LogP contribution in [0.3, 0.4) is 0 Å². The Bertz CT molecular complexity index is 613. The Kier molecular flexibility index (Phi) is 5.23. The zero-order valence-corrected chi connectivity index (χ0v) is 12.7. The van der Waals surface area contributed by atoms with Crippen LogP contribution < -0.4 is 0 Å². The maximum Gasteiger partial charge on any atom is 0.257 e. The van der Waals surface area contributed by atoms with Crippen molar-refractivity contribution in [2.24, 2.45) is 0 Å². The number of aromatic hydroxyl groups is 1. The Hall–Kier alpha value is -2.00. The summed E-state index contributed by atoms with van der Waals surface area (Å²) >= 11 is 5.80. The van der Waals surface area contributed by atoms with Crippen LogP contribution in [-0.4, -0.2) is 28.3 Å². The van der Waals surface area contributed by atoms with Gasteiger partial charge in [0.05, 0.1) is 5.56 Å². The second kappa shape index (κ2) is 7.14. The van der Waals surface area contributed by atoms with Gasteiger partial charge in [-0.25, -0.2) is 0 Å². The van der Waals surface area contributed by atoms with Gasteiger partial charge in [0.2, 0.25) is 0 Å². The number of hydrogen-bond acceptors (Lipinski definition) is 2. The Morgan fingerprint density at radius 2 is 1.90 bits per heavy atom. The summed E-state index contributed by atoms with van der Waals surface area (Å²) in [5.41, 5.74) is 2.25. The van der Waals surface area contributed by atoms with E-state index < -0.39 is 0 Å². The fourth-order valence-corrected chi connectivity index (χ4v) is 2.36. The third-order valence-electron chi connectivity index (χ3n) is 3.24. The van der Waals surface area contributed by atoms with E-state index in [0.29, 0.717) is 24.5 Å². The highest BCUT2D eigenvalue weighted by atomic mass is 35.5. The summed E-state index contributed by atoms with van der Waals surface area (Å²) in [6.45, 7) is 2.77. The van der Waals surface area contributed by atoms with Crippen molar-refractivity contribution in [3.05, 3.63) is 65.2 Å². The molecule has 0 saturated carbocycles. The number of aryl methyl sites for hydroxylation is 1. The molecule has 0 bridgehead atoms. The van der Waals surface area contributed by atoms with Gasteiger partial charge < -0.3 is 10.0 Å². The highest BCUT2D eigenvalue weighted by Crippen LogP contribution is 2.21. The third kappa shape index (κ3) is 3.99. The molecule has 4 heteroatoms. The van der Waals surface area contributed by atoms with Crippen LogP contribution in [0.4, 0.5) is 0 Å². The molecule has 0 unspecified atom stereocenters. The quantitative estimate of drug-likeness (QED) is 0.858. The number of carbonyl (C=O) groups is 1. The number of benzene rings is 2. The van der Waals surface area contributed by atoms with Gasteiger partial charge in [-0.1, -0.05) is 36.4 Å². The van der Waals surface area contributed by atoms with E-state index in [1.54, 1.807) is 17.0 Å². The van der Waals surface area contributed by atoms with Crippen LogP contribution in [0.25, 0.3) is 0 Å². The first kappa shape index (κ1) is 15.4. The average molecular weight is 304 g/mol. The lowest BCUT2D eigenvalue weighted by atomic mass is 10.1. The second-order valence-electron chi connectivity index (χ2n) is 4.92. The van der Waals surface area contributed by atoms with Crippen molar-refractivity contribution >= 4 is 17.5 Å². The molecule has 0 radical (unpaired) electrons. The Balaban J connectivity index is 2.23. The van der Waals surface area contributed by atoms with E-state index in [2.05, 4.69) is 0 Å². The van der Waals surface area contributed by atoms with E-state index >= 15 is 0 Å². The van der Waals surface area contributed by atoms with Gasteiger partial charge in [-0.15, -0.1) is 11.6 Å². The van der Waals surface area contributed by atoms with Gasteiger partial charge in [-0.05, 0) is 30.2 Å². The smallest absolute Gasteiger partial charge is 0.257 e. The maximum absolute atomic E-state index is 12.6. The van der Waals surface area contributed by atoms with E-state index in [0.717, 1.165) is 11.1 Å². The summed E-state index contributed by atoms with van der Waals surface area (Å²) in [4.78, 5) is 14.2. The summed E-state index contributed by atoms with van der Waals surface area (Å²) in [6, 6.07) is 14.8. The molecular weight excluding hydrogens is 286 g/mol. The molecular formula is C17H18ClNO2. The molecule has 1 N–H and O–H groups in total. The van der Waals surface area contributed by atoms with Crippen molar-refractivity contribution in [2.75, 3.05) is 12.4 Å². The van der Waals surface area contributed by atoms with Gasteiger partial charge in [0.25, 0.3) is 5.91 Å². The molecule has 1 amide bonds. The normalized spacial score (nSPS) is 10.4. The Morgan fingerprint density at radius 1 is 1.19 bits per heavy atom. The lowest BCUT2D eigenvalue weighted by Crippen LogP contribution is -2.32. The third-order valence-corrected chi connectivity index (χ3v) is 3.41. The van der Waals surface area contributed by atoms with Crippen molar-refractivity contribution in [2.45, 2.75) is 13.5 Å². The summed E-state index contributed by atoms with van der Waals surface area (Å²) in [5, 5.41) is 9.96. The molecule has 2 aromatic rings. The first-order valence-corrected chi connectivity index (χ1v) is 7.34. The molecule has 0 heterocycles. The van der Waals surface area contributed by atoms with Gasteiger partial charge >= 0.3 is 0 Å². The van der Waals surface area contributed by atoms with Crippen molar-refractivity contribution in [3.63, 3.8) is 0 Å². The van der Waals surface area contributed by atoms with Gasteiger partial charge in [0.15, 0.2) is 0 Å². The molecule has 0 saturated heterocycles. The predicted molar refractivity (Wildman–Crippen MR) is 84.7 cm³/mol. The van der Waals surface area contributed by atoms with Crippen LogP contribution in [0, 0.1) is 6.92 Å². The fraction of sp³-hybridized carbons (Fsp3) is 0.235. The first-order valence-electron chi connectivity index (χ1n) is 6.80. The van der Waals surface area contributed by atoms with E-state index in [-0.39, 0.29) is 11.7 Å². The first-order chi connectivity index (χ1) is 10.1. The predicted octanol–water partition coefficient (Wildman–Crippen LogP) is 3.58. The van der Waals surface area contributed by atoms with Crippen LogP contribution in [0.15, 0.2) is 48.5 Å². The summed E-state index contributed by atoms with van der Waals surface area (Å²) in [5.74, 6) is 0.148. The lowest BCUT2D eigenvalue weighted by Gasteiger charge is -2.22. The van der Waals surface area contributed by atoms with Gasteiger partial charge in [0, 0.05) is 19.0 Å². The molecule has 3 nitrogen and oxygen atoms in total. The SMILES string of the molecule is Cc1ccc(C(=O)N(CCCl)Cc2ccccc2)c(O)c1. The molecule has 0 aliphatic rings. The zero-order valence-electron chi connectivity index (χ0n) is 11.9. The van der Waals surface area contributed by atoms with Crippen molar-refractivity contribution < 1.29 is 9.90 Å². The van der Waals surface area contributed by atoms with Crippen LogP contribution in [0.1, 0.15) is 21.5 Å². The Labute approximate surface area is 129 Å². The summed E-state index contributed by atoms with van der Waals surface area (Å²) < 4.78 is 0. The zero-order chi connectivity index (χ0) is 15.2. The van der Waals surface area contributed by atoms with Crippen molar-refractivity contribution in [1.29, 1.82) is 0 Å². The minimum atomic E-state index is -0.211. The topological polar surface area (TPSA) is 40.5 Å². The largest absolute Gasteiger partial charge is 0.507 e. The molecule has 0 spiro atoms. The molecule has 110 valence electrons. The fourth-order valence-electron chi connectivity index (χ4n) is 2.15. The van der Waals surface area contributed by atoms with E-state index in [1.807, 2.05) is 43.3 Å². The maximum atomic E-state index is 12.6. The number of amides is 1. The van der Waals surface area contributed by atoms with Crippen molar-refractivity contribution in [3.8, 4) is 5.75 Å². The molecule has 21 heavy (non-hydrogen) atoms. The van der Waals surface area contributed by atoms with Gasteiger partial charge in [-0.2, -0.15) is 0 Å². The highest BCUT2D eigenvalue weighted by Gasteiger charge is 2.18. The number of hydrogen-bond donors (Lipinski definition) is 1. The summed E-state index contributed by atoms with van der Waals surface area (Å²) in [7, 11) is 0. The number of carbonyl (C=O) groups excluding carboxylic acids is 1. The van der Waals surface area contributed by atoms with Crippen LogP contribution >= 0.6 is 11.6 Å². The van der Waals surface area contributed by atoms with Crippen LogP contribution in [0.5, 0.6) is 5.75 Å². The van der Waals surface area contributed by atoms with Crippen LogP contribution in [-0.2, 0) is 6.54 Å². The number of nitrogens with zero attached hydrogens (tertiary/aromatic N) is 1. The number of halogens is 1. The molecule has 2 rings (SSSR count). The molecule has 2 aromatic carbocycles. The van der Waals surface area contributed by atoms with E-state index in [9.17, 15) is 9.90 Å². The minimum absolute atomic E-state index is 0.00707. The number of rotatable bonds is 5. The molecule has 0 aromatic heterocycles. The highest BCUT2D eigenvalue weighted by molar-refractivity contribution is 6.18. The van der Waals surface area contributed by atoms with Crippen molar-refractivity contribution in [1.82, 2.24) is 4.90 Å². The van der Waals surface area contributed by atoms with E-state index in [4.69, 9.17) is 11.6 Å². The van der Waals surface area contributed by atoms with Gasteiger partial charge in [0.1, 0.15) is 5.75 Å². The average Bonchev–Trinajstić information content (AvgIpc) is 2.47. The lowest BCUT2D eigenvalue weighted by molar-refractivity contribution is 0.0750.